The summed E-state index contributed by atoms with van der Waals surface area (Å²) in [7, 11) is 3.03. The minimum Gasteiger partial charge on any atom is -0.481 e. The molecule has 21 heavy (non-hydrogen) atoms. The normalized spacial score (nSPS) is 11.8. The van der Waals surface area contributed by atoms with E-state index in [1.54, 1.807) is 6.07 Å². The summed E-state index contributed by atoms with van der Waals surface area (Å²) >= 11 is 4.63. The fourth-order valence-electron chi connectivity index (χ4n) is 1.62. The van der Waals surface area contributed by atoms with Crippen LogP contribution in [0.25, 0.3) is 0 Å². The van der Waals surface area contributed by atoms with E-state index in [1.165, 1.54) is 26.0 Å². The van der Waals surface area contributed by atoms with Crippen LogP contribution in [0.15, 0.2) is 40.0 Å². The number of halogens is 1. The third kappa shape index (κ3) is 4.18. The molecule has 0 amide bonds. The number of aldehydes is 1. The van der Waals surface area contributed by atoms with Gasteiger partial charge in [-0.15, -0.1) is 0 Å². The summed E-state index contributed by atoms with van der Waals surface area (Å²) in [6.07, 6.45) is 0.863. The highest BCUT2D eigenvalue weighted by molar-refractivity contribution is 9.10. The second-order valence-corrected chi connectivity index (χ2v) is 5.99. The van der Waals surface area contributed by atoms with Gasteiger partial charge in [-0.3, -0.25) is 0 Å². The molecule has 1 atom stereocenters. The van der Waals surface area contributed by atoms with Crippen molar-refractivity contribution in [3.63, 3.8) is 0 Å². The Labute approximate surface area is 135 Å². The Kier molecular flexibility index (Phi) is 5.58. The second-order valence-electron chi connectivity index (χ2n) is 3.96. The van der Waals surface area contributed by atoms with E-state index in [0.29, 0.717) is 16.9 Å². The molecule has 0 fully saturated rings. The fraction of sp³-hybridized carbons (Fsp3) is 0.214. The van der Waals surface area contributed by atoms with E-state index in [-0.39, 0.29) is 0 Å². The lowest BCUT2D eigenvalue weighted by Crippen LogP contribution is -2.00. The van der Waals surface area contributed by atoms with Crippen LogP contribution in [0.3, 0.4) is 0 Å². The maximum atomic E-state index is 11.4. The average Bonchev–Trinajstić information content (AvgIpc) is 2.52. The Bertz CT molecular complexity index is 617. The number of ether oxygens (including phenoxy) is 2. The Morgan fingerprint density at radius 2 is 1.86 bits per heavy atom. The molecule has 5 nitrogen and oxygen atoms in total. The van der Waals surface area contributed by atoms with Crippen molar-refractivity contribution in [3.8, 4) is 11.8 Å². The van der Waals surface area contributed by atoms with Gasteiger partial charge in [0.15, 0.2) is 5.16 Å². The van der Waals surface area contributed by atoms with Gasteiger partial charge < -0.3 is 14.3 Å². The Morgan fingerprint density at radius 1 is 1.19 bits per heavy atom. The zero-order valence-electron chi connectivity index (χ0n) is 11.4. The number of hydrogen-bond donors (Lipinski definition) is 0. The minimum absolute atomic E-state index is 0.392. The van der Waals surface area contributed by atoms with Gasteiger partial charge in [0.25, 0.3) is 0 Å². The monoisotopic (exact) mass is 368 g/mol. The first-order chi connectivity index (χ1) is 10.2. The Hall–Kier alpha value is -1.60. The summed E-state index contributed by atoms with van der Waals surface area (Å²) < 4.78 is 11.1. The average molecular weight is 369 g/mol. The van der Waals surface area contributed by atoms with Crippen molar-refractivity contribution in [2.24, 2.45) is 0 Å². The van der Waals surface area contributed by atoms with Gasteiger partial charge in [0, 0.05) is 4.47 Å². The van der Waals surface area contributed by atoms with E-state index < -0.39 is 5.25 Å². The van der Waals surface area contributed by atoms with E-state index in [9.17, 15) is 4.79 Å². The zero-order chi connectivity index (χ0) is 15.2. The maximum Gasteiger partial charge on any atom is 0.220 e. The first kappa shape index (κ1) is 15.8. The van der Waals surface area contributed by atoms with Crippen LogP contribution in [0, 0.1) is 0 Å². The van der Waals surface area contributed by atoms with Crippen LogP contribution in [-0.4, -0.2) is 30.5 Å². The summed E-state index contributed by atoms with van der Waals surface area (Å²) in [5.74, 6) is 0.784. The van der Waals surface area contributed by atoms with E-state index in [0.717, 1.165) is 16.3 Å². The van der Waals surface area contributed by atoms with Gasteiger partial charge in [0.1, 0.15) is 6.29 Å². The molecule has 0 N–H and O–H groups in total. The number of aromatic nitrogens is 2. The van der Waals surface area contributed by atoms with Crippen molar-refractivity contribution in [2.75, 3.05) is 14.2 Å². The van der Waals surface area contributed by atoms with Crippen LogP contribution in [0.5, 0.6) is 11.8 Å². The van der Waals surface area contributed by atoms with Crippen molar-refractivity contribution in [1.29, 1.82) is 0 Å². The standard InChI is InChI=1S/C14H13BrN2O3S/c1-19-12-7-13(20-2)17-14(16-12)21-11(8-18)9-4-3-5-10(15)6-9/h3-8,11H,1-2H3. The number of nitrogens with zero attached hydrogens (tertiary/aromatic N) is 2. The highest BCUT2D eigenvalue weighted by atomic mass is 79.9. The molecule has 0 radical (unpaired) electrons. The predicted octanol–water partition coefficient (Wildman–Crippen LogP) is 3.29. The van der Waals surface area contributed by atoms with Crippen LogP contribution in [-0.2, 0) is 4.79 Å². The van der Waals surface area contributed by atoms with Gasteiger partial charge in [-0.2, -0.15) is 9.97 Å². The van der Waals surface area contributed by atoms with Crippen molar-refractivity contribution >= 4 is 34.0 Å². The Morgan fingerprint density at radius 3 is 2.38 bits per heavy atom. The molecule has 0 aliphatic carbocycles. The summed E-state index contributed by atoms with van der Waals surface area (Å²) in [5.41, 5.74) is 0.870. The van der Waals surface area contributed by atoms with Gasteiger partial charge >= 0.3 is 0 Å². The lowest BCUT2D eigenvalue weighted by Gasteiger charge is -2.11. The molecule has 0 saturated heterocycles. The molecule has 0 aliphatic rings. The molecule has 1 aromatic carbocycles. The van der Waals surface area contributed by atoms with Crippen molar-refractivity contribution < 1.29 is 14.3 Å². The molecular formula is C14H13BrN2O3S. The van der Waals surface area contributed by atoms with Gasteiger partial charge in [-0.05, 0) is 17.7 Å². The van der Waals surface area contributed by atoms with Crippen LogP contribution >= 0.6 is 27.7 Å². The van der Waals surface area contributed by atoms with E-state index >= 15 is 0 Å². The number of benzene rings is 1. The molecule has 1 unspecified atom stereocenters. The molecular weight excluding hydrogens is 356 g/mol. The van der Waals surface area contributed by atoms with Crippen LogP contribution in [0.4, 0.5) is 0 Å². The first-order valence-electron chi connectivity index (χ1n) is 6.00. The summed E-state index contributed by atoms with van der Waals surface area (Å²) in [5, 5.41) is 0.0163. The third-order valence-electron chi connectivity index (χ3n) is 2.61. The highest BCUT2D eigenvalue weighted by Crippen LogP contribution is 2.34. The largest absolute Gasteiger partial charge is 0.481 e. The number of hydrogen-bond acceptors (Lipinski definition) is 6. The van der Waals surface area contributed by atoms with Crippen LogP contribution < -0.4 is 9.47 Å². The zero-order valence-corrected chi connectivity index (χ0v) is 13.8. The first-order valence-corrected chi connectivity index (χ1v) is 7.68. The number of rotatable bonds is 6. The van der Waals surface area contributed by atoms with E-state index in [1.807, 2.05) is 24.3 Å². The lowest BCUT2D eigenvalue weighted by molar-refractivity contribution is -0.107. The molecule has 0 saturated carbocycles. The molecule has 1 heterocycles. The smallest absolute Gasteiger partial charge is 0.220 e. The molecule has 2 rings (SSSR count). The molecule has 0 spiro atoms. The molecule has 1 aromatic heterocycles. The topological polar surface area (TPSA) is 61.3 Å². The SMILES string of the molecule is COc1cc(OC)nc(SC(C=O)c2cccc(Br)c2)n1. The second kappa shape index (κ2) is 7.42. The van der Waals surface area contributed by atoms with Gasteiger partial charge in [-0.1, -0.05) is 39.8 Å². The summed E-state index contributed by atoms with van der Waals surface area (Å²) in [4.78, 5) is 19.8. The molecule has 0 aliphatic heterocycles. The molecule has 7 heteroatoms. The number of methoxy groups -OCH3 is 2. The Balaban J connectivity index is 2.28. The number of carbonyl (C=O) groups is 1. The van der Waals surface area contributed by atoms with Crippen molar-refractivity contribution in [3.05, 3.63) is 40.4 Å². The van der Waals surface area contributed by atoms with E-state index in [2.05, 4.69) is 25.9 Å². The van der Waals surface area contributed by atoms with Gasteiger partial charge in [0.05, 0.1) is 25.5 Å². The van der Waals surface area contributed by atoms with Crippen molar-refractivity contribution in [1.82, 2.24) is 9.97 Å². The third-order valence-corrected chi connectivity index (χ3v) is 4.13. The molecule has 0 bridgehead atoms. The molecule has 110 valence electrons. The number of carbonyl (C=O) groups excluding carboxylic acids is 1. The summed E-state index contributed by atoms with van der Waals surface area (Å²) in [6, 6.07) is 9.14. The number of thioether (sulfide) groups is 1. The van der Waals surface area contributed by atoms with Crippen LogP contribution in [0.1, 0.15) is 10.8 Å². The van der Waals surface area contributed by atoms with Crippen LogP contribution in [0.2, 0.25) is 0 Å². The predicted molar refractivity (Wildman–Crippen MR) is 83.9 cm³/mol. The minimum atomic E-state index is -0.403. The van der Waals surface area contributed by atoms with Crippen molar-refractivity contribution in [2.45, 2.75) is 10.4 Å². The van der Waals surface area contributed by atoms with Gasteiger partial charge in [0.2, 0.25) is 11.8 Å². The molecule has 2 aromatic rings. The lowest BCUT2D eigenvalue weighted by atomic mass is 10.2. The quantitative estimate of drug-likeness (QED) is 0.442. The maximum absolute atomic E-state index is 11.4. The highest BCUT2D eigenvalue weighted by Gasteiger charge is 2.16. The van der Waals surface area contributed by atoms with Gasteiger partial charge in [-0.25, -0.2) is 0 Å². The summed E-state index contributed by atoms with van der Waals surface area (Å²) in [6.45, 7) is 0. The fourth-order valence-corrected chi connectivity index (χ4v) is 2.88. The van der Waals surface area contributed by atoms with E-state index in [4.69, 9.17) is 9.47 Å².